The van der Waals surface area contributed by atoms with Crippen LogP contribution in [-0.4, -0.2) is 21.6 Å². The largest absolute Gasteiger partial charge is 0.496 e. The first kappa shape index (κ1) is 16.3. The fraction of sp³-hybridized carbons (Fsp3) is 0.625. The van der Waals surface area contributed by atoms with Crippen molar-refractivity contribution in [2.45, 2.75) is 62.8 Å². The predicted molar refractivity (Wildman–Crippen MR) is 84.2 cm³/mol. The van der Waals surface area contributed by atoms with Gasteiger partial charge in [0, 0.05) is 6.04 Å². The maximum atomic E-state index is 12.5. The Hall–Kier alpha value is -1.07. The zero-order valence-corrected chi connectivity index (χ0v) is 13.7. The number of hydrogen-bond acceptors (Lipinski definition) is 3. The van der Waals surface area contributed by atoms with Crippen LogP contribution in [0.4, 0.5) is 0 Å². The average molecular weight is 311 g/mol. The van der Waals surface area contributed by atoms with E-state index in [0.717, 1.165) is 43.4 Å². The molecule has 1 aromatic rings. The lowest BCUT2D eigenvalue weighted by atomic mass is 10.1. The van der Waals surface area contributed by atoms with E-state index in [2.05, 4.69) is 4.72 Å². The molecule has 5 heteroatoms. The van der Waals surface area contributed by atoms with Crippen molar-refractivity contribution in [1.29, 1.82) is 0 Å². The van der Waals surface area contributed by atoms with Gasteiger partial charge in [-0.25, -0.2) is 13.1 Å². The fourth-order valence-corrected chi connectivity index (χ4v) is 4.24. The number of nitrogens with one attached hydrogen (secondary N) is 1. The van der Waals surface area contributed by atoms with Crippen LogP contribution in [0.3, 0.4) is 0 Å². The monoisotopic (exact) mass is 311 g/mol. The second-order valence-electron chi connectivity index (χ2n) is 5.64. The quantitative estimate of drug-likeness (QED) is 0.849. The van der Waals surface area contributed by atoms with Gasteiger partial charge >= 0.3 is 0 Å². The molecular formula is C16H25NO3S. The molecule has 1 saturated carbocycles. The van der Waals surface area contributed by atoms with Crippen LogP contribution < -0.4 is 9.46 Å². The Labute approximate surface area is 127 Å². The Kier molecular flexibility index (Phi) is 5.65. The molecule has 0 bridgehead atoms. The van der Waals surface area contributed by atoms with Gasteiger partial charge in [0.1, 0.15) is 5.75 Å². The SMILES string of the molecule is CCc1cc(S(=O)(=O)NC2CCCCCC2)ccc1OC. The molecule has 1 N–H and O–H groups in total. The molecule has 0 radical (unpaired) electrons. The van der Waals surface area contributed by atoms with E-state index in [1.807, 2.05) is 6.92 Å². The van der Waals surface area contributed by atoms with E-state index in [4.69, 9.17) is 4.74 Å². The third-order valence-corrected chi connectivity index (χ3v) is 5.64. The molecule has 0 amide bonds. The van der Waals surface area contributed by atoms with Gasteiger partial charge in [-0.15, -0.1) is 0 Å². The van der Waals surface area contributed by atoms with Gasteiger partial charge in [0.05, 0.1) is 12.0 Å². The highest BCUT2D eigenvalue weighted by molar-refractivity contribution is 7.89. The van der Waals surface area contributed by atoms with Crippen LogP contribution in [0, 0.1) is 0 Å². The van der Waals surface area contributed by atoms with Crippen molar-refractivity contribution >= 4 is 10.0 Å². The van der Waals surface area contributed by atoms with Crippen molar-refractivity contribution in [1.82, 2.24) is 4.72 Å². The Morgan fingerprint density at radius 3 is 2.43 bits per heavy atom. The fourth-order valence-electron chi connectivity index (χ4n) is 2.88. The second kappa shape index (κ2) is 7.27. The summed E-state index contributed by atoms with van der Waals surface area (Å²) < 4.78 is 33.2. The molecule has 1 aliphatic carbocycles. The van der Waals surface area contributed by atoms with Crippen LogP contribution in [0.2, 0.25) is 0 Å². The Morgan fingerprint density at radius 2 is 1.86 bits per heavy atom. The van der Waals surface area contributed by atoms with Crippen molar-refractivity contribution in [3.05, 3.63) is 23.8 Å². The molecule has 1 aromatic carbocycles. The van der Waals surface area contributed by atoms with Crippen LogP contribution in [0.15, 0.2) is 23.1 Å². The maximum absolute atomic E-state index is 12.5. The molecule has 1 fully saturated rings. The summed E-state index contributed by atoms with van der Waals surface area (Å²) in [6, 6.07) is 5.15. The zero-order valence-electron chi connectivity index (χ0n) is 12.9. The highest BCUT2D eigenvalue weighted by Crippen LogP contribution is 2.24. The topological polar surface area (TPSA) is 55.4 Å². The van der Waals surface area contributed by atoms with E-state index in [-0.39, 0.29) is 6.04 Å². The Morgan fingerprint density at radius 1 is 1.19 bits per heavy atom. The summed E-state index contributed by atoms with van der Waals surface area (Å²) >= 11 is 0. The number of sulfonamides is 1. The minimum absolute atomic E-state index is 0.0738. The molecule has 0 atom stereocenters. The lowest BCUT2D eigenvalue weighted by Gasteiger charge is -2.17. The van der Waals surface area contributed by atoms with Crippen molar-refractivity contribution in [2.24, 2.45) is 0 Å². The average Bonchev–Trinajstić information content (AvgIpc) is 2.74. The molecule has 4 nitrogen and oxygen atoms in total. The lowest BCUT2D eigenvalue weighted by Crippen LogP contribution is -2.34. The third kappa shape index (κ3) is 4.20. The summed E-state index contributed by atoms with van der Waals surface area (Å²) in [5, 5.41) is 0. The Bertz CT molecular complexity index is 561. The van der Waals surface area contributed by atoms with Crippen molar-refractivity contribution in [3.63, 3.8) is 0 Å². The number of benzene rings is 1. The molecule has 1 aliphatic rings. The van der Waals surface area contributed by atoms with E-state index in [1.54, 1.807) is 25.3 Å². The molecule has 0 heterocycles. The summed E-state index contributed by atoms with van der Waals surface area (Å²) in [6.07, 6.45) is 7.26. The van der Waals surface area contributed by atoms with E-state index in [0.29, 0.717) is 4.90 Å². The van der Waals surface area contributed by atoms with Gasteiger partial charge in [-0.1, -0.05) is 32.6 Å². The van der Waals surface area contributed by atoms with E-state index >= 15 is 0 Å². The molecule has 2 rings (SSSR count). The first-order chi connectivity index (χ1) is 10.1. The van der Waals surface area contributed by atoms with Gasteiger partial charge in [-0.2, -0.15) is 0 Å². The number of hydrogen-bond donors (Lipinski definition) is 1. The summed E-state index contributed by atoms with van der Waals surface area (Å²) in [5.74, 6) is 0.742. The van der Waals surface area contributed by atoms with Crippen molar-refractivity contribution < 1.29 is 13.2 Å². The van der Waals surface area contributed by atoms with Crippen LogP contribution in [0.1, 0.15) is 51.0 Å². The molecule has 0 aliphatic heterocycles. The van der Waals surface area contributed by atoms with E-state index < -0.39 is 10.0 Å². The number of methoxy groups -OCH3 is 1. The number of aryl methyl sites for hydroxylation is 1. The summed E-state index contributed by atoms with van der Waals surface area (Å²) in [5.41, 5.74) is 0.918. The molecule has 0 unspecified atom stereocenters. The van der Waals surface area contributed by atoms with Gasteiger partial charge in [0.15, 0.2) is 0 Å². The first-order valence-corrected chi connectivity index (χ1v) is 9.24. The third-order valence-electron chi connectivity index (χ3n) is 4.12. The highest BCUT2D eigenvalue weighted by atomic mass is 32.2. The molecule has 0 spiro atoms. The smallest absolute Gasteiger partial charge is 0.240 e. The van der Waals surface area contributed by atoms with Gasteiger partial charge in [0.2, 0.25) is 10.0 Å². The summed E-state index contributed by atoms with van der Waals surface area (Å²) in [6.45, 7) is 1.99. The lowest BCUT2D eigenvalue weighted by molar-refractivity contribution is 0.409. The van der Waals surface area contributed by atoms with Crippen LogP contribution >= 0.6 is 0 Å². The maximum Gasteiger partial charge on any atom is 0.240 e. The number of rotatable bonds is 5. The van der Waals surface area contributed by atoms with Crippen molar-refractivity contribution in [2.75, 3.05) is 7.11 Å². The van der Waals surface area contributed by atoms with Crippen LogP contribution in [0.25, 0.3) is 0 Å². The molecule has 0 aromatic heterocycles. The number of ether oxygens (including phenoxy) is 1. The minimum atomic E-state index is -3.44. The molecule has 21 heavy (non-hydrogen) atoms. The van der Waals surface area contributed by atoms with E-state index in [1.165, 1.54) is 12.8 Å². The predicted octanol–water partition coefficient (Wildman–Crippen LogP) is 3.26. The standard InChI is InChI=1S/C16H25NO3S/c1-3-13-12-15(10-11-16(13)20-2)21(18,19)17-14-8-6-4-5-7-9-14/h10-12,14,17H,3-9H2,1-2H3. The molecule has 0 saturated heterocycles. The normalized spacial score (nSPS) is 17.4. The van der Waals surface area contributed by atoms with E-state index in [9.17, 15) is 8.42 Å². The second-order valence-corrected chi connectivity index (χ2v) is 7.35. The van der Waals surface area contributed by atoms with Crippen LogP contribution in [0.5, 0.6) is 5.75 Å². The van der Waals surface area contributed by atoms with Gasteiger partial charge < -0.3 is 4.74 Å². The van der Waals surface area contributed by atoms with Gasteiger partial charge in [0.25, 0.3) is 0 Å². The molecule has 118 valence electrons. The Balaban J connectivity index is 2.18. The summed E-state index contributed by atoms with van der Waals surface area (Å²) in [7, 11) is -1.84. The minimum Gasteiger partial charge on any atom is -0.496 e. The first-order valence-electron chi connectivity index (χ1n) is 7.76. The highest BCUT2D eigenvalue weighted by Gasteiger charge is 2.21. The van der Waals surface area contributed by atoms with Crippen LogP contribution in [-0.2, 0) is 16.4 Å². The van der Waals surface area contributed by atoms with Crippen molar-refractivity contribution in [3.8, 4) is 5.75 Å². The van der Waals surface area contributed by atoms with Gasteiger partial charge in [-0.3, -0.25) is 0 Å². The zero-order chi connectivity index (χ0) is 15.3. The summed E-state index contributed by atoms with van der Waals surface area (Å²) in [4.78, 5) is 0.337. The van der Waals surface area contributed by atoms with Gasteiger partial charge in [-0.05, 0) is 43.0 Å². The molecular weight excluding hydrogens is 286 g/mol.